The predicted molar refractivity (Wildman–Crippen MR) is 75.9 cm³/mol. The molecule has 0 saturated carbocycles. The normalized spacial score (nSPS) is 11.1. The second kappa shape index (κ2) is 7.93. The Morgan fingerprint density at radius 3 is 2.53 bits per heavy atom. The fourth-order valence-electron chi connectivity index (χ4n) is 1.47. The van der Waals surface area contributed by atoms with E-state index >= 15 is 0 Å². The standard InChI is InChI=1S/C13H20Cl2N2/c1-10(2)8-16-5-6-17-9-11-7-12(14)3-4-13(11)15/h3-4,7,10,16-17H,5-6,8-9H2,1-2H3. The van der Waals surface area contributed by atoms with Gasteiger partial charge in [0.05, 0.1) is 0 Å². The van der Waals surface area contributed by atoms with Crippen LogP contribution in [0.5, 0.6) is 0 Å². The number of halogens is 2. The Hall–Kier alpha value is -0.280. The summed E-state index contributed by atoms with van der Waals surface area (Å²) in [7, 11) is 0. The zero-order valence-corrected chi connectivity index (χ0v) is 11.9. The Labute approximate surface area is 114 Å². The lowest BCUT2D eigenvalue weighted by atomic mass is 10.2. The molecular formula is C13H20Cl2N2. The third-order valence-corrected chi connectivity index (χ3v) is 2.96. The molecule has 0 heterocycles. The molecule has 0 aliphatic carbocycles. The van der Waals surface area contributed by atoms with Gasteiger partial charge in [0.25, 0.3) is 0 Å². The van der Waals surface area contributed by atoms with E-state index < -0.39 is 0 Å². The minimum Gasteiger partial charge on any atom is -0.315 e. The number of nitrogens with one attached hydrogen (secondary N) is 2. The van der Waals surface area contributed by atoms with Crippen LogP contribution < -0.4 is 10.6 Å². The molecule has 0 fully saturated rings. The van der Waals surface area contributed by atoms with Crippen molar-refractivity contribution >= 4 is 23.2 Å². The fourth-order valence-corrected chi connectivity index (χ4v) is 1.85. The van der Waals surface area contributed by atoms with Crippen molar-refractivity contribution in [2.75, 3.05) is 19.6 Å². The molecule has 0 aliphatic rings. The highest BCUT2D eigenvalue weighted by atomic mass is 35.5. The van der Waals surface area contributed by atoms with E-state index in [1.54, 1.807) is 6.07 Å². The molecule has 1 rings (SSSR count). The first-order chi connectivity index (χ1) is 8.09. The third-order valence-electron chi connectivity index (χ3n) is 2.35. The van der Waals surface area contributed by atoms with E-state index in [0.717, 1.165) is 41.8 Å². The van der Waals surface area contributed by atoms with Crippen molar-refractivity contribution < 1.29 is 0 Å². The minimum atomic E-state index is 0.692. The Kier molecular flexibility index (Phi) is 6.90. The highest BCUT2D eigenvalue weighted by Gasteiger charge is 2.00. The summed E-state index contributed by atoms with van der Waals surface area (Å²) < 4.78 is 0. The van der Waals surface area contributed by atoms with Crippen molar-refractivity contribution in [3.05, 3.63) is 33.8 Å². The quantitative estimate of drug-likeness (QED) is 0.746. The molecule has 2 nitrogen and oxygen atoms in total. The highest BCUT2D eigenvalue weighted by Crippen LogP contribution is 2.20. The van der Waals surface area contributed by atoms with Gasteiger partial charge in [0.1, 0.15) is 0 Å². The van der Waals surface area contributed by atoms with E-state index in [1.165, 1.54) is 0 Å². The van der Waals surface area contributed by atoms with E-state index in [9.17, 15) is 0 Å². The Morgan fingerprint density at radius 2 is 1.82 bits per heavy atom. The summed E-state index contributed by atoms with van der Waals surface area (Å²) in [6.07, 6.45) is 0. The van der Waals surface area contributed by atoms with Gasteiger partial charge in [0.15, 0.2) is 0 Å². The van der Waals surface area contributed by atoms with Crippen molar-refractivity contribution in [2.24, 2.45) is 5.92 Å². The van der Waals surface area contributed by atoms with E-state index in [-0.39, 0.29) is 0 Å². The average molecular weight is 275 g/mol. The lowest BCUT2D eigenvalue weighted by Crippen LogP contribution is -2.29. The van der Waals surface area contributed by atoms with Crippen molar-refractivity contribution in [2.45, 2.75) is 20.4 Å². The average Bonchev–Trinajstić information content (AvgIpc) is 2.27. The van der Waals surface area contributed by atoms with Crippen LogP contribution in [0.4, 0.5) is 0 Å². The fraction of sp³-hybridized carbons (Fsp3) is 0.538. The summed E-state index contributed by atoms with van der Waals surface area (Å²) in [6, 6.07) is 5.54. The van der Waals surface area contributed by atoms with Crippen LogP contribution >= 0.6 is 23.2 Å². The van der Waals surface area contributed by atoms with Crippen molar-refractivity contribution in [1.82, 2.24) is 10.6 Å². The van der Waals surface area contributed by atoms with Gasteiger partial charge in [0, 0.05) is 29.7 Å². The molecule has 0 atom stereocenters. The maximum atomic E-state index is 6.06. The van der Waals surface area contributed by atoms with Crippen LogP contribution in [0, 0.1) is 5.92 Å². The molecule has 1 aromatic carbocycles. The second-order valence-electron chi connectivity index (χ2n) is 4.51. The lowest BCUT2D eigenvalue weighted by Gasteiger charge is -2.09. The van der Waals surface area contributed by atoms with E-state index in [1.807, 2.05) is 12.1 Å². The second-order valence-corrected chi connectivity index (χ2v) is 5.35. The topological polar surface area (TPSA) is 24.1 Å². The zero-order valence-electron chi connectivity index (χ0n) is 10.4. The summed E-state index contributed by atoms with van der Waals surface area (Å²) in [5.41, 5.74) is 1.04. The van der Waals surface area contributed by atoms with Gasteiger partial charge < -0.3 is 10.6 Å². The molecule has 1 aromatic rings. The van der Waals surface area contributed by atoms with Crippen LogP contribution in [-0.2, 0) is 6.54 Å². The Balaban J connectivity index is 2.20. The molecule has 0 radical (unpaired) electrons. The van der Waals surface area contributed by atoms with Crippen molar-refractivity contribution in [1.29, 1.82) is 0 Å². The summed E-state index contributed by atoms with van der Waals surface area (Å²) in [6.45, 7) is 8.10. The highest BCUT2D eigenvalue weighted by molar-refractivity contribution is 6.33. The van der Waals surface area contributed by atoms with Crippen LogP contribution in [0.15, 0.2) is 18.2 Å². The molecular weight excluding hydrogens is 255 g/mol. The van der Waals surface area contributed by atoms with Crippen LogP contribution in [0.25, 0.3) is 0 Å². The molecule has 96 valence electrons. The van der Waals surface area contributed by atoms with Gasteiger partial charge in [0.2, 0.25) is 0 Å². The molecule has 0 aliphatic heterocycles. The first kappa shape index (κ1) is 14.8. The number of hydrogen-bond acceptors (Lipinski definition) is 2. The van der Waals surface area contributed by atoms with E-state index in [4.69, 9.17) is 23.2 Å². The van der Waals surface area contributed by atoms with E-state index in [0.29, 0.717) is 5.92 Å². The molecule has 4 heteroatoms. The molecule has 0 amide bonds. The summed E-state index contributed by atoms with van der Waals surface area (Å²) >= 11 is 12.0. The number of benzene rings is 1. The maximum absolute atomic E-state index is 6.06. The molecule has 2 N–H and O–H groups in total. The molecule has 0 spiro atoms. The predicted octanol–water partition coefficient (Wildman–Crippen LogP) is 3.33. The van der Waals surface area contributed by atoms with Crippen LogP contribution in [0.3, 0.4) is 0 Å². The van der Waals surface area contributed by atoms with Gasteiger partial charge in [-0.3, -0.25) is 0 Å². The number of hydrogen-bond donors (Lipinski definition) is 2. The van der Waals surface area contributed by atoms with Gasteiger partial charge in [-0.1, -0.05) is 37.0 Å². The lowest BCUT2D eigenvalue weighted by molar-refractivity contribution is 0.535. The molecule has 0 unspecified atom stereocenters. The van der Waals surface area contributed by atoms with E-state index in [2.05, 4.69) is 24.5 Å². The Bertz CT molecular complexity index is 340. The van der Waals surface area contributed by atoms with Gasteiger partial charge in [-0.2, -0.15) is 0 Å². The molecule has 17 heavy (non-hydrogen) atoms. The third kappa shape index (κ3) is 6.27. The van der Waals surface area contributed by atoms with Gasteiger partial charge in [-0.05, 0) is 36.2 Å². The van der Waals surface area contributed by atoms with Crippen LogP contribution in [0.1, 0.15) is 19.4 Å². The van der Waals surface area contributed by atoms with Gasteiger partial charge in [-0.15, -0.1) is 0 Å². The Morgan fingerprint density at radius 1 is 1.12 bits per heavy atom. The number of rotatable bonds is 7. The first-order valence-electron chi connectivity index (χ1n) is 5.95. The molecule has 0 bridgehead atoms. The molecule has 0 aromatic heterocycles. The monoisotopic (exact) mass is 274 g/mol. The van der Waals surface area contributed by atoms with Crippen molar-refractivity contribution in [3.63, 3.8) is 0 Å². The minimum absolute atomic E-state index is 0.692. The van der Waals surface area contributed by atoms with Crippen LogP contribution in [-0.4, -0.2) is 19.6 Å². The van der Waals surface area contributed by atoms with Crippen molar-refractivity contribution in [3.8, 4) is 0 Å². The summed E-state index contributed by atoms with van der Waals surface area (Å²) in [5, 5.41) is 8.20. The zero-order chi connectivity index (χ0) is 12.7. The summed E-state index contributed by atoms with van der Waals surface area (Å²) in [5.74, 6) is 0.692. The van der Waals surface area contributed by atoms with Gasteiger partial charge in [-0.25, -0.2) is 0 Å². The smallest absolute Gasteiger partial charge is 0.0451 e. The first-order valence-corrected chi connectivity index (χ1v) is 6.70. The summed E-state index contributed by atoms with van der Waals surface area (Å²) in [4.78, 5) is 0. The maximum Gasteiger partial charge on any atom is 0.0451 e. The molecule has 0 saturated heterocycles. The largest absolute Gasteiger partial charge is 0.315 e. The SMILES string of the molecule is CC(C)CNCCNCc1cc(Cl)ccc1Cl. The van der Waals surface area contributed by atoms with Gasteiger partial charge >= 0.3 is 0 Å². The van der Waals surface area contributed by atoms with Crippen LogP contribution in [0.2, 0.25) is 10.0 Å².